The number of nitrogens with zero attached hydrogens (tertiary/aromatic N) is 3. The van der Waals surface area contributed by atoms with Gasteiger partial charge in [-0.3, -0.25) is 0 Å². The van der Waals surface area contributed by atoms with Crippen LogP contribution < -0.4 is 4.90 Å². The van der Waals surface area contributed by atoms with E-state index in [-0.39, 0.29) is 0 Å². The maximum atomic E-state index is 9.39. The molecule has 12 aromatic carbocycles. The van der Waals surface area contributed by atoms with Crippen LogP contribution in [0, 0.1) is 0 Å². The minimum Gasteiger partial charge on any atom is -0.436 e. The summed E-state index contributed by atoms with van der Waals surface area (Å²) in [5.74, 6) is 1.13. The molecule has 5 nitrogen and oxygen atoms in total. The summed E-state index contributed by atoms with van der Waals surface area (Å²) >= 11 is 0. The fraction of sp³-hybridized carbons (Fsp3) is 0. The van der Waals surface area contributed by atoms with E-state index in [0.717, 1.165) is 99.2 Å². The van der Waals surface area contributed by atoms with Gasteiger partial charge >= 0.3 is 0 Å². The molecule has 14 aromatic rings. The van der Waals surface area contributed by atoms with Crippen molar-refractivity contribution in [2.75, 3.05) is 4.90 Å². The van der Waals surface area contributed by atoms with Gasteiger partial charge in [-0.1, -0.05) is 127 Å². The van der Waals surface area contributed by atoms with Crippen LogP contribution in [0.2, 0.25) is 0 Å². The Morgan fingerprint density at radius 2 is 0.746 bits per heavy atom. The van der Waals surface area contributed by atoms with Gasteiger partial charge in [0, 0.05) is 28.2 Å². The number of hydrogen-bond donors (Lipinski definition) is 0. The van der Waals surface area contributed by atoms with Crippen molar-refractivity contribution in [3.8, 4) is 34.0 Å². The third kappa shape index (κ3) is 6.32. The molecule has 2 aromatic heterocycles. The lowest BCUT2D eigenvalue weighted by atomic mass is 9.98. The van der Waals surface area contributed by atoms with Crippen molar-refractivity contribution in [2.45, 2.75) is 0 Å². The SMILES string of the molecule is [2H]c1c(-c2ccc3ccccc3c2)ccc2cc(N(c3ccc(-c4nc5cc6ccc7ccccc7c6cc5o4)cc3)c3ccc(-c4nc5cc6ccc7ccccc7c6cc5o4)cc3)ccc12. The summed E-state index contributed by atoms with van der Waals surface area (Å²) in [7, 11) is 0. The fourth-order valence-electron chi connectivity index (χ4n) is 9.88. The second-order valence-electron chi connectivity index (χ2n) is 17.3. The Hall–Kier alpha value is -9.06. The highest BCUT2D eigenvalue weighted by Gasteiger charge is 2.18. The van der Waals surface area contributed by atoms with Crippen LogP contribution in [-0.4, -0.2) is 9.97 Å². The molecule has 14 rings (SSSR count). The minimum atomic E-state index is 0.503. The fourth-order valence-corrected chi connectivity index (χ4v) is 9.88. The first kappa shape index (κ1) is 36.3. The Kier molecular flexibility index (Phi) is 7.99. The van der Waals surface area contributed by atoms with Gasteiger partial charge in [0.2, 0.25) is 11.8 Å². The van der Waals surface area contributed by atoms with E-state index in [9.17, 15) is 1.37 Å². The second-order valence-corrected chi connectivity index (χ2v) is 17.3. The number of benzene rings is 12. The second kappa shape index (κ2) is 14.7. The molecule has 0 bridgehead atoms. The molecule has 0 unspecified atom stereocenters. The Bertz CT molecular complexity index is 4150. The highest BCUT2D eigenvalue weighted by atomic mass is 16.4. The largest absolute Gasteiger partial charge is 0.436 e. The predicted octanol–water partition coefficient (Wildman–Crippen LogP) is 17.4. The highest BCUT2D eigenvalue weighted by molar-refractivity contribution is 6.12. The van der Waals surface area contributed by atoms with Crippen LogP contribution in [0.3, 0.4) is 0 Å². The third-order valence-corrected chi connectivity index (χ3v) is 13.3. The van der Waals surface area contributed by atoms with E-state index in [1.807, 2.05) is 0 Å². The van der Waals surface area contributed by atoms with E-state index >= 15 is 0 Å². The monoisotopic (exact) mass is 856 g/mol. The molecule has 0 aliphatic carbocycles. The molecule has 0 atom stereocenters. The van der Waals surface area contributed by atoms with Crippen molar-refractivity contribution >= 4 is 104 Å². The lowest BCUT2D eigenvalue weighted by Crippen LogP contribution is -2.09. The van der Waals surface area contributed by atoms with Gasteiger partial charge in [-0.15, -0.1) is 0 Å². The van der Waals surface area contributed by atoms with Crippen molar-refractivity contribution < 1.29 is 10.2 Å². The van der Waals surface area contributed by atoms with Gasteiger partial charge in [-0.25, -0.2) is 9.97 Å². The molecule has 2 heterocycles. The zero-order valence-corrected chi connectivity index (χ0v) is 35.9. The number of oxazole rings is 2. The molecular weight excluding hydrogens is 819 g/mol. The van der Waals surface area contributed by atoms with Crippen LogP contribution in [-0.2, 0) is 0 Å². The molecule has 0 amide bonds. The highest BCUT2D eigenvalue weighted by Crippen LogP contribution is 2.40. The molecule has 0 N–H and O–H groups in total. The molecule has 0 aliphatic rings. The molecule has 0 spiro atoms. The Morgan fingerprint density at radius 1 is 0.313 bits per heavy atom. The van der Waals surface area contributed by atoms with Crippen molar-refractivity contribution in [3.05, 3.63) is 224 Å². The molecule has 0 radical (unpaired) electrons. The van der Waals surface area contributed by atoms with Crippen LogP contribution in [0.15, 0.2) is 233 Å². The molecule has 0 fully saturated rings. The van der Waals surface area contributed by atoms with E-state index in [4.69, 9.17) is 18.8 Å². The van der Waals surface area contributed by atoms with Crippen LogP contribution in [0.5, 0.6) is 0 Å². The molecular formula is C62H37N3O2. The van der Waals surface area contributed by atoms with Crippen LogP contribution >= 0.6 is 0 Å². The molecule has 0 saturated carbocycles. The van der Waals surface area contributed by atoms with Crippen LogP contribution in [0.1, 0.15) is 1.37 Å². The Labute approximate surface area is 385 Å². The van der Waals surface area contributed by atoms with Gasteiger partial charge in [0.05, 0.1) is 1.37 Å². The lowest BCUT2D eigenvalue weighted by molar-refractivity contribution is 0.620. The van der Waals surface area contributed by atoms with E-state index in [1.54, 1.807) is 0 Å². The quantitative estimate of drug-likeness (QED) is 0.156. The van der Waals surface area contributed by atoms with Gasteiger partial charge in [0.15, 0.2) is 11.2 Å². The molecule has 312 valence electrons. The zero-order chi connectivity index (χ0) is 44.9. The van der Waals surface area contributed by atoms with Gasteiger partial charge < -0.3 is 13.7 Å². The number of anilines is 3. The minimum absolute atomic E-state index is 0.503. The van der Waals surface area contributed by atoms with Crippen molar-refractivity contribution in [2.24, 2.45) is 0 Å². The van der Waals surface area contributed by atoms with Crippen molar-refractivity contribution in [3.63, 3.8) is 0 Å². The molecule has 5 heteroatoms. The summed E-state index contributed by atoms with van der Waals surface area (Å²) < 4.78 is 22.3. The van der Waals surface area contributed by atoms with Gasteiger partial charge in [-0.05, 0) is 173 Å². The van der Waals surface area contributed by atoms with Crippen LogP contribution in [0.4, 0.5) is 17.1 Å². The zero-order valence-electron chi connectivity index (χ0n) is 36.9. The summed E-state index contributed by atoms with van der Waals surface area (Å²) in [5.41, 5.74) is 9.70. The standard InChI is InChI=1S/C62H37N3O2/c1-2-10-43-31-44(16-13-38(43)7-1)45-17-18-47-33-52(30-25-46(47)32-45)65(50-26-21-41(22-27-50)61-63-57-34-48-19-14-39-8-3-5-11-53(39)55(48)36-59(57)66-61)51-28-23-42(24-29-51)62-64-58-35-49-20-15-40-9-4-6-12-54(40)56(49)37-60(58)67-62/h1-37H/i32D. The first-order valence-corrected chi connectivity index (χ1v) is 22.5. The Balaban J connectivity index is 0.848. The van der Waals surface area contributed by atoms with Gasteiger partial charge in [0.25, 0.3) is 0 Å². The number of rotatable bonds is 6. The van der Waals surface area contributed by atoms with Gasteiger partial charge in [0.1, 0.15) is 11.0 Å². The normalized spacial score (nSPS) is 12.1. The average Bonchev–Trinajstić information content (AvgIpc) is 4.02. The summed E-state index contributed by atoms with van der Waals surface area (Å²) in [6, 6.07) is 76.5. The smallest absolute Gasteiger partial charge is 0.227 e. The number of fused-ring (bicyclic) bond motifs is 10. The van der Waals surface area contributed by atoms with Crippen LogP contribution in [0.25, 0.3) is 121 Å². The lowest BCUT2D eigenvalue weighted by Gasteiger charge is -2.26. The van der Waals surface area contributed by atoms with Gasteiger partial charge in [-0.2, -0.15) is 0 Å². The van der Waals surface area contributed by atoms with E-state index in [2.05, 4.69) is 223 Å². The summed E-state index contributed by atoms with van der Waals surface area (Å²) in [4.78, 5) is 12.2. The summed E-state index contributed by atoms with van der Waals surface area (Å²) in [6.07, 6.45) is 0. The number of hydrogen-bond acceptors (Lipinski definition) is 5. The van der Waals surface area contributed by atoms with E-state index in [1.165, 1.54) is 26.9 Å². The first-order valence-electron chi connectivity index (χ1n) is 23.0. The third-order valence-electron chi connectivity index (χ3n) is 13.3. The van der Waals surface area contributed by atoms with E-state index < -0.39 is 0 Å². The van der Waals surface area contributed by atoms with E-state index in [0.29, 0.717) is 17.8 Å². The topological polar surface area (TPSA) is 55.3 Å². The maximum Gasteiger partial charge on any atom is 0.227 e. The molecule has 67 heavy (non-hydrogen) atoms. The predicted molar refractivity (Wildman–Crippen MR) is 278 cm³/mol. The maximum absolute atomic E-state index is 9.39. The first-order chi connectivity index (χ1) is 33.5. The Morgan fingerprint density at radius 3 is 1.34 bits per heavy atom. The summed E-state index contributed by atoms with van der Waals surface area (Å²) in [6.45, 7) is 0. The molecule has 0 aliphatic heterocycles. The van der Waals surface area contributed by atoms with Crippen molar-refractivity contribution in [1.29, 1.82) is 0 Å². The number of aromatic nitrogens is 2. The van der Waals surface area contributed by atoms with Crippen molar-refractivity contribution in [1.82, 2.24) is 9.97 Å². The average molecular weight is 857 g/mol. The molecule has 0 saturated heterocycles. The summed E-state index contributed by atoms with van der Waals surface area (Å²) in [5, 5.41) is 13.5.